The largest absolute Gasteiger partial charge is 0.462 e. The second-order valence-corrected chi connectivity index (χ2v) is 13.1. The first-order valence-electron chi connectivity index (χ1n) is 15.1. The summed E-state index contributed by atoms with van der Waals surface area (Å²) in [5.74, 6) is -0.0775. The number of likely N-dealkylation sites (N-methyl/N-ethyl adjacent to an activating group) is 2. The maximum absolute atomic E-state index is 16.6. The molecule has 0 N–H and O–H groups in total. The Balaban J connectivity index is 1.40. The third-order valence-electron chi connectivity index (χ3n) is 8.53. The minimum absolute atomic E-state index is 0.0750. The van der Waals surface area contributed by atoms with Crippen LogP contribution in [0.4, 0.5) is 15.0 Å². The van der Waals surface area contributed by atoms with Gasteiger partial charge in [0.15, 0.2) is 5.82 Å². The molecular weight excluding hydrogens is 583 g/mol. The highest BCUT2D eigenvalue weighted by Gasteiger charge is 2.34. The molecule has 0 spiro atoms. The van der Waals surface area contributed by atoms with E-state index in [0.29, 0.717) is 47.9 Å². The van der Waals surface area contributed by atoms with E-state index in [1.165, 1.54) is 0 Å². The molecule has 232 valence electrons. The topological polar surface area (TPSA) is 83.9 Å². The minimum atomic E-state index is -0.585. The van der Waals surface area contributed by atoms with E-state index in [9.17, 15) is 4.79 Å². The minimum Gasteiger partial charge on any atom is -0.462 e. The number of benzene rings is 2. The fourth-order valence-corrected chi connectivity index (χ4v) is 6.40. The zero-order valence-corrected chi connectivity index (χ0v) is 26.6. The molecule has 2 aliphatic rings. The Hall–Kier alpha value is -3.76. The molecule has 2 aliphatic heterocycles. The Morgan fingerprint density at radius 3 is 2.64 bits per heavy atom. The van der Waals surface area contributed by atoms with Gasteiger partial charge >= 0.3 is 12.1 Å². The van der Waals surface area contributed by atoms with Gasteiger partial charge in [-0.25, -0.2) is 9.18 Å². The van der Waals surface area contributed by atoms with E-state index in [4.69, 9.17) is 26.1 Å². The summed E-state index contributed by atoms with van der Waals surface area (Å²) < 4.78 is 28.3. The first kappa shape index (κ1) is 30.3. The van der Waals surface area contributed by atoms with E-state index in [1.54, 1.807) is 17.2 Å². The molecule has 2 atom stereocenters. The number of pyridine rings is 1. The molecule has 4 heterocycles. The zero-order valence-electron chi connectivity index (χ0n) is 25.8. The number of carbonyl (C=O) groups excluding carboxylic acids is 1. The summed E-state index contributed by atoms with van der Waals surface area (Å²) in [5.41, 5.74) is 0.271. The fraction of sp³-hybridized carbons (Fsp3) is 0.455. The number of hydrogen-bond acceptors (Lipinski definition) is 8. The second kappa shape index (κ2) is 12.0. The van der Waals surface area contributed by atoms with E-state index in [2.05, 4.69) is 21.9 Å². The molecule has 6 rings (SSSR count). The first-order valence-corrected chi connectivity index (χ1v) is 15.5. The van der Waals surface area contributed by atoms with E-state index in [0.717, 1.165) is 30.2 Å². The highest BCUT2D eigenvalue weighted by atomic mass is 35.5. The molecule has 0 aliphatic carbocycles. The van der Waals surface area contributed by atoms with Gasteiger partial charge in [-0.2, -0.15) is 9.97 Å². The number of amides is 1. The van der Waals surface area contributed by atoms with Crippen molar-refractivity contribution < 1.29 is 18.7 Å². The molecular formula is C33H38ClFN6O3. The lowest BCUT2D eigenvalue weighted by molar-refractivity contribution is 0.0292. The van der Waals surface area contributed by atoms with Crippen molar-refractivity contribution >= 4 is 45.2 Å². The van der Waals surface area contributed by atoms with Gasteiger partial charge in [-0.15, -0.1) is 0 Å². The average molecular weight is 621 g/mol. The normalized spacial score (nSPS) is 19.2. The molecule has 0 radical (unpaired) electrons. The quantitative estimate of drug-likeness (QED) is 0.240. The van der Waals surface area contributed by atoms with Gasteiger partial charge in [-0.1, -0.05) is 41.9 Å². The summed E-state index contributed by atoms with van der Waals surface area (Å²) in [6.07, 6.45) is 4.09. The summed E-state index contributed by atoms with van der Waals surface area (Å²) >= 11 is 6.59. The Kier molecular flexibility index (Phi) is 8.24. The van der Waals surface area contributed by atoms with Gasteiger partial charge in [0.2, 0.25) is 0 Å². The van der Waals surface area contributed by atoms with Crippen LogP contribution in [-0.4, -0.2) is 88.9 Å². The van der Waals surface area contributed by atoms with Crippen LogP contribution >= 0.6 is 11.6 Å². The standard InChI is InChI=1S/C33H38ClFN6O3/c1-33(2,3)44-32(42)41-16-14-21(18-41)40(5)30-24-17-36-28(23-12-6-9-20-10-7-13-25(34)26(20)23)27(35)29(24)37-31(38-30)43-19-22-11-8-15-39(22)4/h6-7,9-10,12-13,17,21-22H,8,11,14-16,18-19H2,1-5H3. The number of ether oxygens (including phenoxy) is 2. The van der Waals surface area contributed by atoms with Gasteiger partial charge in [0.25, 0.3) is 0 Å². The molecule has 2 aromatic heterocycles. The summed E-state index contributed by atoms with van der Waals surface area (Å²) in [5, 5.41) is 2.59. The van der Waals surface area contributed by atoms with Crippen LogP contribution in [0.2, 0.25) is 5.02 Å². The summed E-state index contributed by atoms with van der Waals surface area (Å²) in [4.78, 5) is 32.7. The van der Waals surface area contributed by atoms with Crippen molar-refractivity contribution in [3.05, 3.63) is 53.4 Å². The van der Waals surface area contributed by atoms with Gasteiger partial charge in [0.1, 0.15) is 29.2 Å². The smallest absolute Gasteiger partial charge is 0.410 e. The number of hydrogen-bond donors (Lipinski definition) is 0. The van der Waals surface area contributed by atoms with E-state index < -0.39 is 11.4 Å². The highest BCUT2D eigenvalue weighted by Crippen LogP contribution is 2.38. The van der Waals surface area contributed by atoms with Crippen LogP contribution in [0.1, 0.15) is 40.0 Å². The zero-order chi connectivity index (χ0) is 31.2. The van der Waals surface area contributed by atoms with Crippen LogP contribution in [0.5, 0.6) is 6.01 Å². The molecule has 2 aromatic carbocycles. The molecule has 44 heavy (non-hydrogen) atoms. The number of rotatable bonds is 6. The van der Waals surface area contributed by atoms with Crippen LogP contribution in [0.3, 0.4) is 0 Å². The fourth-order valence-electron chi connectivity index (χ4n) is 6.12. The van der Waals surface area contributed by atoms with Crippen molar-refractivity contribution in [1.82, 2.24) is 24.8 Å². The third kappa shape index (κ3) is 5.97. The van der Waals surface area contributed by atoms with E-state index >= 15 is 4.39 Å². The molecule has 4 aromatic rings. The summed E-state index contributed by atoms with van der Waals surface area (Å²) in [6.45, 7) is 7.96. The molecule has 2 fully saturated rings. The van der Waals surface area contributed by atoms with Crippen molar-refractivity contribution in [2.75, 3.05) is 45.2 Å². The lowest BCUT2D eigenvalue weighted by Gasteiger charge is -2.28. The maximum Gasteiger partial charge on any atom is 0.410 e. The molecule has 0 bridgehead atoms. The van der Waals surface area contributed by atoms with Crippen molar-refractivity contribution in [2.45, 2.75) is 57.7 Å². The van der Waals surface area contributed by atoms with Crippen molar-refractivity contribution in [2.24, 2.45) is 0 Å². The van der Waals surface area contributed by atoms with Crippen molar-refractivity contribution in [3.8, 4) is 17.3 Å². The summed E-state index contributed by atoms with van der Waals surface area (Å²) in [7, 11) is 3.97. The molecule has 1 amide bonds. The number of nitrogens with zero attached hydrogens (tertiary/aromatic N) is 6. The number of halogens is 2. The average Bonchev–Trinajstić information content (AvgIpc) is 3.64. The van der Waals surface area contributed by atoms with Crippen molar-refractivity contribution in [3.63, 3.8) is 0 Å². The Bertz CT molecular complexity index is 1710. The van der Waals surface area contributed by atoms with Gasteiger partial charge in [0, 0.05) is 54.4 Å². The van der Waals surface area contributed by atoms with Gasteiger partial charge < -0.3 is 24.2 Å². The third-order valence-corrected chi connectivity index (χ3v) is 8.84. The Labute approximate surface area is 261 Å². The maximum atomic E-state index is 16.6. The van der Waals surface area contributed by atoms with Crippen molar-refractivity contribution in [1.29, 1.82) is 0 Å². The van der Waals surface area contributed by atoms with Gasteiger partial charge in [0.05, 0.1) is 5.39 Å². The van der Waals surface area contributed by atoms with Crippen LogP contribution in [0.25, 0.3) is 32.9 Å². The second-order valence-electron chi connectivity index (χ2n) is 12.7. The molecule has 9 nitrogen and oxygen atoms in total. The molecule has 0 saturated carbocycles. The number of carbonyl (C=O) groups is 1. The number of anilines is 1. The Morgan fingerprint density at radius 1 is 1.14 bits per heavy atom. The molecule has 11 heteroatoms. The lowest BCUT2D eigenvalue weighted by Crippen LogP contribution is -2.39. The predicted molar refractivity (Wildman–Crippen MR) is 171 cm³/mol. The van der Waals surface area contributed by atoms with Crippen LogP contribution in [-0.2, 0) is 4.74 Å². The highest BCUT2D eigenvalue weighted by molar-refractivity contribution is 6.36. The van der Waals surface area contributed by atoms with Gasteiger partial charge in [-0.3, -0.25) is 4.98 Å². The van der Waals surface area contributed by atoms with E-state index in [-0.39, 0.29) is 35.4 Å². The van der Waals surface area contributed by atoms with Crippen LogP contribution < -0.4 is 9.64 Å². The first-order chi connectivity index (χ1) is 21.0. The number of likely N-dealkylation sites (tertiary alicyclic amines) is 2. The Morgan fingerprint density at radius 2 is 1.91 bits per heavy atom. The van der Waals surface area contributed by atoms with E-state index in [1.807, 2.05) is 63.1 Å². The SMILES string of the molecule is CN1CCCC1COc1nc(N(C)C2CCN(C(=O)OC(C)(C)C)C2)c2cnc(-c3cccc4cccc(Cl)c34)c(F)c2n1. The monoisotopic (exact) mass is 620 g/mol. The van der Waals surface area contributed by atoms with Crippen LogP contribution in [0, 0.1) is 5.82 Å². The molecule has 2 unspecified atom stereocenters. The summed E-state index contributed by atoms with van der Waals surface area (Å²) in [6, 6.07) is 11.5. The number of aromatic nitrogens is 3. The lowest BCUT2D eigenvalue weighted by atomic mass is 10.0. The molecule has 2 saturated heterocycles. The number of fused-ring (bicyclic) bond motifs is 2. The predicted octanol–water partition coefficient (Wildman–Crippen LogP) is 6.56. The van der Waals surface area contributed by atoms with Gasteiger partial charge in [-0.05, 0) is 65.1 Å². The van der Waals surface area contributed by atoms with Crippen LogP contribution in [0.15, 0.2) is 42.6 Å².